The summed E-state index contributed by atoms with van der Waals surface area (Å²) in [6.07, 6.45) is 0. The number of nitro groups is 1. The van der Waals surface area contributed by atoms with E-state index >= 15 is 0 Å². The second-order valence-corrected chi connectivity index (χ2v) is 7.23. The number of methoxy groups -OCH3 is 1. The predicted octanol–water partition coefficient (Wildman–Crippen LogP) is 4.00. The lowest BCUT2D eigenvalue weighted by Crippen LogP contribution is -2.12. The third kappa shape index (κ3) is 4.28. The Morgan fingerprint density at radius 3 is 2.52 bits per heavy atom. The molecular weight excluding hydrogens is 364 g/mol. The molecule has 2 aromatic carbocycles. The SMILES string of the molecule is COc1ccccc1[C@H](C[N+](=O)[O-])Sc1nnc(C)n1-c1ccc(C)cc1. The number of hydrogen-bond acceptors (Lipinski definition) is 6. The van der Waals surface area contributed by atoms with Crippen molar-refractivity contribution in [2.45, 2.75) is 24.3 Å². The van der Waals surface area contributed by atoms with E-state index in [4.69, 9.17) is 4.74 Å². The van der Waals surface area contributed by atoms with E-state index in [1.807, 2.05) is 60.9 Å². The Morgan fingerprint density at radius 1 is 1.15 bits per heavy atom. The van der Waals surface area contributed by atoms with Crippen LogP contribution in [0.15, 0.2) is 53.7 Å². The summed E-state index contributed by atoms with van der Waals surface area (Å²) in [6.45, 7) is 3.64. The molecule has 0 bridgehead atoms. The van der Waals surface area contributed by atoms with Crippen LogP contribution in [0.3, 0.4) is 0 Å². The van der Waals surface area contributed by atoms with Gasteiger partial charge in [-0.25, -0.2) is 0 Å². The fraction of sp³-hybridized carbons (Fsp3) is 0.263. The Labute approximate surface area is 161 Å². The first-order valence-electron chi connectivity index (χ1n) is 8.40. The van der Waals surface area contributed by atoms with Crippen LogP contribution in [0.4, 0.5) is 0 Å². The molecule has 0 fully saturated rings. The molecule has 0 spiro atoms. The van der Waals surface area contributed by atoms with Crippen LogP contribution in [-0.2, 0) is 0 Å². The van der Waals surface area contributed by atoms with Crippen molar-refractivity contribution in [1.82, 2.24) is 14.8 Å². The van der Waals surface area contributed by atoms with Crippen molar-refractivity contribution < 1.29 is 9.66 Å². The van der Waals surface area contributed by atoms with Crippen LogP contribution in [0, 0.1) is 24.0 Å². The van der Waals surface area contributed by atoms with Gasteiger partial charge in [0.2, 0.25) is 6.54 Å². The van der Waals surface area contributed by atoms with Gasteiger partial charge in [-0.1, -0.05) is 47.7 Å². The molecule has 0 aliphatic carbocycles. The van der Waals surface area contributed by atoms with E-state index in [1.54, 1.807) is 13.2 Å². The number of rotatable bonds is 7. The molecule has 0 unspecified atom stereocenters. The zero-order valence-corrected chi connectivity index (χ0v) is 16.1. The van der Waals surface area contributed by atoms with Crippen molar-refractivity contribution in [1.29, 1.82) is 0 Å². The predicted molar refractivity (Wildman–Crippen MR) is 104 cm³/mol. The van der Waals surface area contributed by atoms with Gasteiger partial charge in [-0.15, -0.1) is 10.2 Å². The largest absolute Gasteiger partial charge is 0.496 e. The Balaban J connectivity index is 2.00. The first kappa shape index (κ1) is 18.9. The van der Waals surface area contributed by atoms with Gasteiger partial charge in [-0.05, 0) is 32.0 Å². The molecule has 0 saturated carbocycles. The lowest BCUT2D eigenvalue weighted by molar-refractivity contribution is -0.479. The van der Waals surface area contributed by atoms with Gasteiger partial charge in [0, 0.05) is 16.2 Å². The van der Waals surface area contributed by atoms with Crippen LogP contribution in [0.2, 0.25) is 0 Å². The minimum absolute atomic E-state index is 0.245. The number of thioether (sulfide) groups is 1. The Hall–Kier alpha value is -2.87. The first-order chi connectivity index (χ1) is 13.0. The van der Waals surface area contributed by atoms with E-state index in [1.165, 1.54) is 11.8 Å². The molecule has 0 aliphatic heterocycles. The van der Waals surface area contributed by atoms with Crippen molar-refractivity contribution in [3.05, 3.63) is 75.6 Å². The van der Waals surface area contributed by atoms with Crippen LogP contribution >= 0.6 is 11.8 Å². The first-order valence-corrected chi connectivity index (χ1v) is 9.28. The third-order valence-electron chi connectivity index (χ3n) is 4.14. The topological polar surface area (TPSA) is 83.1 Å². The summed E-state index contributed by atoms with van der Waals surface area (Å²) in [5.74, 6) is 1.34. The van der Waals surface area contributed by atoms with Gasteiger partial charge in [0.25, 0.3) is 0 Å². The Bertz CT molecular complexity index is 940. The zero-order chi connectivity index (χ0) is 19.4. The van der Waals surface area contributed by atoms with Crippen molar-refractivity contribution >= 4 is 11.8 Å². The van der Waals surface area contributed by atoms with Crippen molar-refractivity contribution in [2.24, 2.45) is 0 Å². The van der Waals surface area contributed by atoms with Gasteiger partial charge in [-0.3, -0.25) is 14.7 Å². The molecule has 1 atom stereocenters. The van der Waals surface area contributed by atoms with E-state index in [-0.39, 0.29) is 11.5 Å². The highest BCUT2D eigenvalue weighted by molar-refractivity contribution is 7.99. The number of benzene rings is 2. The second-order valence-electron chi connectivity index (χ2n) is 6.06. The van der Waals surface area contributed by atoms with Crippen molar-refractivity contribution in [2.75, 3.05) is 13.7 Å². The fourth-order valence-corrected chi connectivity index (χ4v) is 4.01. The molecule has 0 amide bonds. The van der Waals surface area contributed by atoms with E-state index in [9.17, 15) is 10.1 Å². The quantitative estimate of drug-likeness (QED) is 0.348. The molecule has 7 nitrogen and oxygen atoms in total. The Morgan fingerprint density at radius 2 is 1.85 bits per heavy atom. The molecule has 140 valence electrons. The van der Waals surface area contributed by atoms with Crippen LogP contribution < -0.4 is 4.74 Å². The highest BCUT2D eigenvalue weighted by Crippen LogP contribution is 2.39. The number of para-hydroxylation sites is 1. The molecular formula is C19H20N4O3S. The second kappa shape index (κ2) is 8.22. The summed E-state index contributed by atoms with van der Waals surface area (Å²) in [5, 5.41) is 19.9. The van der Waals surface area contributed by atoms with Gasteiger partial charge in [0.05, 0.1) is 7.11 Å². The highest BCUT2D eigenvalue weighted by Gasteiger charge is 2.26. The van der Waals surface area contributed by atoms with Gasteiger partial charge in [0.15, 0.2) is 5.16 Å². The molecule has 0 aliphatic rings. The third-order valence-corrected chi connectivity index (χ3v) is 5.30. The fourth-order valence-electron chi connectivity index (χ4n) is 2.80. The maximum absolute atomic E-state index is 11.3. The smallest absolute Gasteiger partial charge is 0.220 e. The molecule has 1 heterocycles. The standard InChI is InChI=1S/C19H20N4O3S/c1-13-8-10-15(11-9-13)23-14(2)20-21-19(23)27-18(12-22(24)25)16-6-4-5-7-17(16)26-3/h4-11,18H,12H2,1-3H3/t18-/m0/s1. The van der Waals surface area contributed by atoms with Gasteiger partial charge in [-0.2, -0.15) is 0 Å². The average Bonchev–Trinajstić information content (AvgIpc) is 3.02. The van der Waals surface area contributed by atoms with Crippen LogP contribution in [0.25, 0.3) is 5.69 Å². The monoisotopic (exact) mass is 384 g/mol. The normalized spacial score (nSPS) is 12.0. The maximum atomic E-state index is 11.3. The molecule has 3 rings (SSSR count). The molecule has 27 heavy (non-hydrogen) atoms. The van der Waals surface area contributed by atoms with E-state index in [0.717, 1.165) is 22.6 Å². The van der Waals surface area contributed by atoms with Crippen molar-refractivity contribution in [3.63, 3.8) is 0 Å². The zero-order valence-electron chi connectivity index (χ0n) is 15.3. The molecule has 0 radical (unpaired) electrons. The van der Waals surface area contributed by atoms with Crippen LogP contribution in [-0.4, -0.2) is 33.3 Å². The van der Waals surface area contributed by atoms with Gasteiger partial charge in [0.1, 0.15) is 16.8 Å². The highest BCUT2D eigenvalue weighted by atomic mass is 32.2. The lowest BCUT2D eigenvalue weighted by atomic mass is 10.1. The summed E-state index contributed by atoms with van der Waals surface area (Å²) >= 11 is 1.31. The summed E-state index contributed by atoms with van der Waals surface area (Å²) in [4.78, 5) is 11.0. The van der Waals surface area contributed by atoms with E-state index in [0.29, 0.717) is 10.9 Å². The number of nitrogens with zero attached hydrogens (tertiary/aromatic N) is 4. The molecule has 1 aromatic heterocycles. The van der Waals surface area contributed by atoms with Gasteiger partial charge >= 0.3 is 0 Å². The number of aryl methyl sites for hydroxylation is 2. The molecule has 8 heteroatoms. The summed E-state index contributed by atoms with van der Waals surface area (Å²) in [6, 6.07) is 15.3. The maximum Gasteiger partial charge on any atom is 0.220 e. The summed E-state index contributed by atoms with van der Waals surface area (Å²) in [7, 11) is 1.56. The van der Waals surface area contributed by atoms with Crippen LogP contribution in [0.1, 0.15) is 22.2 Å². The summed E-state index contributed by atoms with van der Waals surface area (Å²) < 4.78 is 7.31. The number of hydrogen-bond donors (Lipinski definition) is 0. The molecule has 3 aromatic rings. The Kier molecular flexibility index (Phi) is 5.75. The minimum atomic E-state index is -0.455. The van der Waals surface area contributed by atoms with Crippen molar-refractivity contribution in [3.8, 4) is 11.4 Å². The number of ether oxygens (including phenoxy) is 1. The summed E-state index contributed by atoms with van der Waals surface area (Å²) in [5.41, 5.74) is 2.84. The average molecular weight is 384 g/mol. The van der Waals surface area contributed by atoms with Gasteiger partial charge < -0.3 is 4.74 Å². The van der Waals surface area contributed by atoms with Crippen LogP contribution in [0.5, 0.6) is 5.75 Å². The molecule has 0 N–H and O–H groups in total. The van der Waals surface area contributed by atoms with E-state index < -0.39 is 5.25 Å². The molecule has 0 saturated heterocycles. The number of aromatic nitrogens is 3. The minimum Gasteiger partial charge on any atom is -0.496 e. The van der Waals surface area contributed by atoms with E-state index in [2.05, 4.69) is 10.2 Å². The lowest BCUT2D eigenvalue weighted by Gasteiger charge is -2.16.